The van der Waals surface area contributed by atoms with Gasteiger partial charge in [-0.25, -0.2) is 10.2 Å². The van der Waals surface area contributed by atoms with Crippen LogP contribution in [0.15, 0.2) is 77.6 Å². The Balaban J connectivity index is 1.43. The molecular weight excluding hydrogens is 485 g/mol. The number of Topliss-reactive ketones (excluding diaryl/α,β-unsaturated/α-hetero) is 1. The standard InChI is InChI=1S/C28H28FN7O2/c1-18(37)23-7-4-16-35(23)17-19-8-10-21(11-9-19)27-33-28(38-34-27)25(30)26(20-12-14-32-15-13-20)36(31)24-6-3-2-5-22(24)29/h2-3,5-6,8-15,23H,4,7,16-17,30-31H2,1H3/b26-25-/t23-/m0/s1. The van der Waals surface area contributed by atoms with E-state index in [1.165, 1.54) is 6.07 Å². The minimum atomic E-state index is -0.510. The number of halogens is 1. The number of carbonyl (C=O) groups is 1. The van der Waals surface area contributed by atoms with Crippen LogP contribution in [0.1, 0.15) is 36.8 Å². The van der Waals surface area contributed by atoms with Gasteiger partial charge in [0.2, 0.25) is 5.82 Å². The van der Waals surface area contributed by atoms with Gasteiger partial charge in [0.1, 0.15) is 17.3 Å². The zero-order valence-electron chi connectivity index (χ0n) is 20.9. The van der Waals surface area contributed by atoms with Crippen LogP contribution in [0.3, 0.4) is 0 Å². The number of para-hydroxylation sites is 1. The Morgan fingerprint density at radius 3 is 2.58 bits per heavy atom. The van der Waals surface area contributed by atoms with Crippen molar-refractivity contribution in [3.8, 4) is 11.4 Å². The van der Waals surface area contributed by atoms with Crippen LogP contribution in [0.2, 0.25) is 0 Å². The Hall–Kier alpha value is -4.41. The number of rotatable bonds is 8. The van der Waals surface area contributed by atoms with E-state index in [0.717, 1.165) is 35.5 Å². The number of benzene rings is 2. The van der Waals surface area contributed by atoms with Crippen molar-refractivity contribution in [1.29, 1.82) is 0 Å². The van der Waals surface area contributed by atoms with Gasteiger partial charge in [-0.3, -0.25) is 19.7 Å². The predicted molar refractivity (Wildman–Crippen MR) is 142 cm³/mol. The number of ketones is 1. The Morgan fingerprint density at radius 1 is 1.13 bits per heavy atom. The lowest BCUT2D eigenvalue weighted by molar-refractivity contribution is -0.121. The molecule has 0 radical (unpaired) electrons. The van der Waals surface area contributed by atoms with Crippen molar-refractivity contribution in [1.82, 2.24) is 20.0 Å². The van der Waals surface area contributed by atoms with E-state index in [9.17, 15) is 9.18 Å². The molecule has 1 fully saturated rings. The number of nitrogens with two attached hydrogens (primary N) is 2. The van der Waals surface area contributed by atoms with Crippen LogP contribution >= 0.6 is 0 Å². The molecule has 1 aliphatic rings. The van der Waals surface area contributed by atoms with Gasteiger partial charge < -0.3 is 10.3 Å². The van der Waals surface area contributed by atoms with Gasteiger partial charge in [0.15, 0.2) is 0 Å². The number of carbonyl (C=O) groups excluding carboxylic acids is 1. The smallest absolute Gasteiger partial charge is 0.276 e. The maximum absolute atomic E-state index is 14.6. The highest BCUT2D eigenvalue weighted by atomic mass is 19.1. The molecular formula is C28H28FN7O2. The molecule has 4 N–H and O–H groups in total. The summed E-state index contributed by atoms with van der Waals surface area (Å²) >= 11 is 0. The molecule has 0 amide bonds. The van der Waals surface area contributed by atoms with Crippen LogP contribution in [0.4, 0.5) is 10.1 Å². The van der Waals surface area contributed by atoms with Gasteiger partial charge in [0.05, 0.1) is 17.4 Å². The monoisotopic (exact) mass is 513 g/mol. The lowest BCUT2D eigenvalue weighted by atomic mass is 10.1. The van der Waals surface area contributed by atoms with Crippen LogP contribution < -0.4 is 16.6 Å². The average molecular weight is 514 g/mol. The molecule has 2 aromatic carbocycles. The Labute approximate surface area is 219 Å². The second-order valence-corrected chi connectivity index (χ2v) is 9.18. The number of hydrogen-bond acceptors (Lipinski definition) is 9. The van der Waals surface area contributed by atoms with Gasteiger partial charge >= 0.3 is 0 Å². The summed E-state index contributed by atoms with van der Waals surface area (Å²) in [6.45, 7) is 3.27. The van der Waals surface area contributed by atoms with Crippen LogP contribution in [-0.2, 0) is 11.3 Å². The maximum atomic E-state index is 14.6. The van der Waals surface area contributed by atoms with Gasteiger partial charge in [-0.1, -0.05) is 41.6 Å². The number of aromatic nitrogens is 3. The van der Waals surface area contributed by atoms with Gasteiger partial charge in [-0.2, -0.15) is 4.98 Å². The second-order valence-electron chi connectivity index (χ2n) is 9.18. The summed E-state index contributed by atoms with van der Waals surface area (Å²) in [6.07, 6.45) is 5.10. The molecule has 4 aromatic rings. The van der Waals surface area contributed by atoms with Crippen molar-refractivity contribution in [3.05, 3.63) is 95.9 Å². The van der Waals surface area contributed by atoms with Crippen molar-refractivity contribution in [2.24, 2.45) is 11.6 Å². The topological polar surface area (TPSA) is 127 Å². The van der Waals surface area contributed by atoms with E-state index in [2.05, 4.69) is 20.0 Å². The van der Waals surface area contributed by atoms with Crippen LogP contribution in [0, 0.1) is 5.82 Å². The van der Waals surface area contributed by atoms with Crippen molar-refractivity contribution in [2.75, 3.05) is 11.6 Å². The molecule has 0 saturated carbocycles. The van der Waals surface area contributed by atoms with Gasteiger partial charge in [-0.05, 0) is 56.1 Å². The molecule has 0 bridgehead atoms. The third-order valence-corrected chi connectivity index (χ3v) is 6.65. The first-order chi connectivity index (χ1) is 18.4. The summed E-state index contributed by atoms with van der Waals surface area (Å²) in [6, 6.07) is 17.3. The highest BCUT2D eigenvalue weighted by molar-refractivity contribution is 5.93. The van der Waals surface area contributed by atoms with Gasteiger partial charge in [-0.15, -0.1) is 0 Å². The van der Waals surface area contributed by atoms with Crippen molar-refractivity contribution >= 4 is 22.9 Å². The molecule has 5 rings (SSSR count). The summed E-state index contributed by atoms with van der Waals surface area (Å²) in [5.41, 5.74) is 9.42. The van der Waals surface area contributed by atoms with Crippen molar-refractivity contribution in [3.63, 3.8) is 0 Å². The maximum Gasteiger partial charge on any atom is 0.276 e. The molecule has 0 spiro atoms. The number of nitrogens with zero attached hydrogens (tertiary/aromatic N) is 5. The molecule has 3 heterocycles. The quantitative estimate of drug-likeness (QED) is 0.265. The summed E-state index contributed by atoms with van der Waals surface area (Å²) in [4.78, 5) is 22.6. The van der Waals surface area contributed by atoms with E-state index in [0.29, 0.717) is 17.9 Å². The molecule has 0 unspecified atom stereocenters. The van der Waals surface area contributed by atoms with Gasteiger partial charge in [0.25, 0.3) is 5.89 Å². The van der Waals surface area contributed by atoms with E-state index >= 15 is 0 Å². The zero-order valence-corrected chi connectivity index (χ0v) is 20.9. The second kappa shape index (κ2) is 10.9. The first kappa shape index (κ1) is 25.2. The number of pyridine rings is 1. The van der Waals surface area contributed by atoms with E-state index in [-0.39, 0.29) is 34.8 Å². The van der Waals surface area contributed by atoms with Crippen LogP contribution in [-0.4, -0.2) is 38.4 Å². The summed E-state index contributed by atoms with van der Waals surface area (Å²) in [5.74, 6) is 6.45. The third-order valence-electron chi connectivity index (χ3n) is 6.65. The number of likely N-dealkylation sites (tertiary alicyclic amines) is 1. The minimum Gasteiger partial charge on any atom is -0.392 e. The number of anilines is 1. The lowest BCUT2D eigenvalue weighted by Crippen LogP contribution is -2.34. The molecule has 1 atom stereocenters. The van der Waals surface area contributed by atoms with E-state index < -0.39 is 5.82 Å². The fraction of sp³-hybridized carbons (Fsp3) is 0.214. The third kappa shape index (κ3) is 5.17. The average Bonchev–Trinajstić information content (AvgIpc) is 3.60. The summed E-state index contributed by atoms with van der Waals surface area (Å²) < 4.78 is 20.1. The van der Waals surface area contributed by atoms with E-state index in [4.69, 9.17) is 16.1 Å². The highest BCUT2D eigenvalue weighted by Crippen LogP contribution is 2.30. The number of hydrazine groups is 1. The summed E-state index contributed by atoms with van der Waals surface area (Å²) in [7, 11) is 0. The first-order valence-electron chi connectivity index (χ1n) is 12.3. The number of hydrogen-bond donors (Lipinski definition) is 2. The molecule has 2 aromatic heterocycles. The lowest BCUT2D eigenvalue weighted by Gasteiger charge is -2.23. The molecule has 1 aliphatic heterocycles. The first-order valence-corrected chi connectivity index (χ1v) is 12.3. The van der Waals surface area contributed by atoms with Crippen molar-refractivity contribution < 1.29 is 13.7 Å². The predicted octanol–water partition coefficient (Wildman–Crippen LogP) is 3.99. The molecule has 38 heavy (non-hydrogen) atoms. The van der Waals surface area contributed by atoms with E-state index in [1.54, 1.807) is 49.6 Å². The Kier molecular flexibility index (Phi) is 7.25. The van der Waals surface area contributed by atoms with Crippen LogP contribution in [0.25, 0.3) is 22.8 Å². The Bertz CT molecular complexity index is 1450. The molecule has 10 heteroatoms. The minimum absolute atomic E-state index is 0.00901. The van der Waals surface area contributed by atoms with Crippen LogP contribution in [0.5, 0.6) is 0 Å². The zero-order chi connectivity index (χ0) is 26.6. The molecule has 9 nitrogen and oxygen atoms in total. The fourth-order valence-corrected chi connectivity index (χ4v) is 4.72. The highest BCUT2D eigenvalue weighted by Gasteiger charge is 2.28. The SMILES string of the molecule is CC(=O)[C@@H]1CCCN1Cc1ccc(-c2noc(/C(N)=C(\c3ccncc3)N(N)c3ccccc3F)n2)cc1. The molecule has 194 valence electrons. The summed E-state index contributed by atoms with van der Waals surface area (Å²) in [5, 5.41) is 5.26. The molecule has 0 aliphatic carbocycles. The van der Waals surface area contributed by atoms with E-state index in [1.807, 2.05) is 24.3 Å². The van der Waals surface area contributed by atoms with Crippen molar-refractivity contribution in [2.45, 2.75) is 32.4 Å². The Morgan fingerprint density at radius 2 is 1.87 bits per heavy atom. The van der Waals surface area contributed by atoms with Gasteiger partial charge in [0, 0.05) is 30.1 Å². The fourth-order valence-electron chi connectivity index (χ4n) is 4.72. The largest absolute Gasteiger partial charge is 0.392 e. The molecule has 1 saturated heterocycles. The normalized spacial score (nSPS) is 16.3.